The molecule has 60 valence electrons. The Balaban J connectivity index is 3.29. The first-order chi connectivity index (χ1) is 5.16. The quantitative estimate of drug-likeness (QED) is 0.662. The molecule has 0 radical (unpaired) electrons. The molecule has 1 aromatic rings. The molecule has 1 rings (SSSR count). The van der Waals surface area contributed by atoms with Crippen molar-refractivity contribution in [3.05, 3.63) is 11.2 Å². The van der Waals surface area contributed by atoms with Crippen molar-refractivity contribution in [2.45, 2.75) is 0 Å². The van der Waals surface area contributed by atoms with E-state index in [1.165, 1.54) is 13.3 Å². The average molecular weight is 174 g/mol. The lowest BCUT2D eigenvalue weighted by Crippen LogP contribution is -2.00. The largest absolute Gasteiger partial charge is 0.493 e. The van der Waals surface area contributed by atoms with E-state index >= 15 is 0 Å². The van der Waals surface area contributed by atoms with Crippen LogP contribution in [0.1, 0.15) is 0 Å². The van der Waals surface area contributed by atoms with Gasteiger partial charge in [-0.3, -0.25) is 0 Å². The maximum atomic E-state index is 5.68. The Morgan fingerprint density at radius 1 is 1.55 bits per heavy atom. The molecule has 0 unspecified atom stereocenters. The fourth-order valence-corrected chi connectivity index (χ4v) is 0.935. The van der Waals surface area contributed by atoms with E-state index in [9.17, 15) is 0 Å². The molecule has 0 aliphatic heterocycles. The molecule has 5 heteroatoms. The number of ether oxygens (including phenoxy) is 1. The topological polar surface area (TPSA) is 74.2 Å². The molecule has 0 spiro atoms. The smallest absolute Gasteiger partial charge is 0.165 e. The summed E-state index contributed by atoms with van der Waals surface area (Å²) in [5.74, 6) is 0.602. The summed E-state index contributed by atoms with van der Waals surface area (Å²) in [5.41, 5.74) is 11.2. The Bertz CT molecular complexity index is 277. The molecule has 0 saturated carbocycles. The molecule has 0 aliphatic carbocycles. The van der Waals surface area contributed by atoms with E-state index in [1.807, 2.05) is 0 Å². The second-order valence-corrected chi connectivity index (χ2v) is 2.35. The molecule has 4 N–H and O–H groups in total. The molecule has 1 heterocycles. The van der Waals surface area contributed by atoms with Crippen LogP contribution in [0.5, 0.6) is 5.75 Å². The molecule has 0 fully saturated rings. The summed E-state index contributed by atoms with van der Waals surface area (Å²) in [6.45, 7) is 0. The third-order valence-electron chi connectivity index (χ3n) is 1.26. The number of aromatic nitrogens is 1. The molecule has 4 nitrogen and oxygen atoms in total. The molecular formula is C6H8ClN3O. The lowest BCUT2D eigenvalue weighted by atomic mass is 10.3. The summed E-state index contributed by atoms with van der Waals surface area (Å²) in [5, 5.41) is 0.360. The SMILES string of the molecule is COc1c(Cl)cnc(N)c1N. The minimum atomic E-state index is 0.228. The summed E-state index contributed by atoms with van der Waals surface area (Å²) < 4.78 is 4.88. The fourth-order valence-electron chi connectivity index (χ4n) is 0.707. The van der Waals surface area contributed by atoms with Crippen LogP contribution < -0.4 is 16.2 Å². The summed E-state index contributed by atoms with van der Waals surface area (Å²) in [6, 6.07) is 0. The highest BCUT2D eigenvalue weighted by molar-refractivity contribution is 6.32. The van der Waals surface area contributed by atoms with Gasteiger partial charge in [0.05, 0.1) is 13.3 Å². The van der Waals surface area contributed by atoms with E-state index in [0.717, 1.165) is 0 Å². The molecule has 0 aromatic carbocycles. The van der Waals surface area contributed by atoms with Gasteiger partial charge in [0.1, 0.15) is 10.7 Å². The zero-order valence-electron chi connectivity index (χ0n) is 5.97. The van der Waals surface area contributed by atoms with Gasteiger partial charge in [-0.25, -0.2) is 4.98 Å². The minimum Gasteiger partial charge on any atom is -0.493 e. The van der Waals surface area contributed by atoms with E-state index in [-0.39, 0.29) is 11.5 Å². The molecule has 0 amide bonds. The van der Waals surface area contributed by atoms with Crippen molar-refractivity contribution < 1.29 is 4.74 Å². The highest BCUT2D eigenvalue weighted by atomic mass is 35.5. The summed E-state index contributed by atoms with van der Waals surface area (Å²) >= 11 is 5.68. The highest BCUT2D eigenvalue weighted by Gasteiger charge is 2.08. The first-order valence-corrected chi connectivity index (χ1v) is 3.28. The number of halogens is 1. The summed E-state index contributed by atoms with van der Waals surface area (Å²) in [4.78, 5) is 3.73. The molecule has 0 atom stereocenters. The van der Waals surface area contributed by atoms with Crippen LogP contribution in [0.15, 0.2) is 6.20 Å². The predicted octanol–water partition coefficient (Wildman–Crippen LogP) is 0.908. The first kappa shape index (κ1) is 7.94. The Labute approximate surface area is 69.1 Å². The van der Waals surface area contributed by atoms with Crippen LogP contribution in [-0.2, 0) is 0 Å². The van der Waals surface area contributed by atoms with Gasteiger partial charge in [-0.05, 0) is 0 Å². The second kappa shape index (κ2) is 2.84. The Morgan fingerprint density at radius 3 is 2.64 bits per heavy atom. The van der Waals surface area contributed by atoms with Crippen molar-refractivity contribution in [1.82, 2.24) is 4.98 Å². The van der Waals surface area contributed by atoms with Crippen molar-refractivity contribution in [3.63, 3.8) is 0 Å². The zero-order chi connectivity index (χ0) is 8.43. The zero-order valence-corrected chi connectivity index (χ0v) is 6.72. The summed E-state index contributed by atoms with van der Waals surface area (Å²) in [6.07, 6.45) is 1.39. The van der Waals surface area contributed by atoms with Crippen LogP contribution in [0, 0.1) is 0 Å². The maximum absolute atomic E-state index is 5.68. The van der Waals surface area contributed by atoms with Gasteiger partial charge >= 0.3 is 0 Å². The number of nitrogen functional groups attached to an aromatic ring is 2. The number of nitrogens with two attached hydrogens (primary N) is 2. The van der Waals surface area contributed by atoms with Crippen molar-refractivity contribution in [3.8, 4) is 5.75 Å². The Hall–Kier alpha value is -1.16. The van der Waals surface area contributed by atoms with Crippen LogP contribution >= 0.6 is 11.6 Å². The van der Waals surface area contributed by atoms with Crippen LogP contribution in [0.4, 0.5) is 11.5 Å². The minimum absolute atomic E-state index is 0.228. The van der Waals surface area contributed by atoms with Crippen molar-refractivity contribution in [1.29, 1.82) is 0 Å². The number of nitrogens with zero attached hydrogens (tertiary/aromatic N) is 1. The molecular weight excluding hydrogens is 166 g/mol. The third kappa shape index (κ3) is 1.30. The van der Waals surface area contributed by atoms with E-state index < -0.39 is 0 Å². The van der Waals surface area contributed by atoms with Gasteiger partial charge in [0.15, 0.2) is 11.6 Å². The predicted molar refractivity (Wildman–Crippen MR) is 44.6 cm³/mol. The van der Waals surface area contributed by atoms with Gasteiger partial charge in [-0.15, -0.1) is 0 Å². The van der Waals surface area contributed by atoms with Crippen LogP contribution in [0.3, 0.4) is 0 Å². The van der Waals surface area contributed by atoms with E-state index in [1.54, 1.807) is 0 Å². The van der Waals surface area contributed by atoms with Crippen molar-refractivity contribution in [2.24, 2.45) is 0 Å². The monoisotopic (exact) mass is 173 g/mol. The fraction of sp³-hybridized carbons (Fsp3) is 0.167. The number of pyridine rings is 1. The number of hydrogen-bond acceptors (Lipinski definition) is 4. The van der Waals surface area contributed by atoms with Gasteiger partial charge in [0, 0.05) is 0 Å². The number of methoxy groups -OCH3 is 1. The van der Waals surface area contributed by atoms with Crippen molar-refractivity contribution >= 4 is 23.1 Å². The van der Waals surface area contributed by atoms with Gasteiger partial charge in [-0.2, -0.15) is 0 Å². The number of rotatable bonds is 1. The molecule has 1 aromatic heterocycles. The molecule has 11 heavy (non-hydrogen) atoms. The first-order valence-electron chi connectivity index (χ1n) is 2.90. The van der Waals surface area contributed by atoms with E-state index in [2.05, 4.69) is 4.98 Å². The second-order valence-electron chi connectivity index (χ2n) is 1.94. The Kier molecular flexibility index (Phi) is 2.05. The number of anilines is 2. The average Bonchev–Trinajstić information content (AvgIpc) is 1.99. The van der Waals surface area contributed by atoms with E-state index in [0.29, 0.717) is 10.8 Å². The normalized spacial score (nSPS) is 9.64. The van der Waals surface area contributed by atoms with Gasteiger partial charge in [0.25, 0.3) is 0 Å². The lowest BCUT2D eigenvalue weighted by Gasteiger charge is -2.06. The van der Waals surface area contributed by atoms with E-state index in [4.69, 9.17) is 27.8 Å². The standard InChI is InChI=1S/C6H8ClN3O/c1-11-5-3(7)2-10-6(9)4(5)8/h2H,8H2,1H3,(H2,9,10). The molecule has 0 bridgehead atoms. The third-order valence-corrected chi connectivity index (χ3v) is 1.53. The van der Waals surface area contributed by atoms with Gasteiger partial charge in [-0.1, -0.05) is 11.6 Å². The van der Waals surface area contributed by atoms with Crippen LogP contribution in [0.25, 0.3) is 0 Å². The van der Waals surface area contributed by atoms with Crippen molar-refractivity contribution in [2.75, 3.05) is 18.6 Å². The molecule has 0 aliphatic rings. The van der Waals surface area contributed by atoms with Gasteiger partial charge in [0.2, 0.25) is 0 Å². The number of hydrogen-bond donors (Lipinski definition) is 2. The summed E-state index contributed by atoms with van der Waals surface area (Å²) in [7, 11) is 1.47. The highest BCUT2D eigenvalue weighted by Crippen LogP contribution is 2.32. The maximum Gasteiger partial charge on any atom is 0.165 e. The molecule has 0 saturated heterocycles. The van der Waals surface area contributed by atoms with Crippen LogP contribution in [-0.4, -0.2) is 12.1 Å². The Morgan fingerprint density at radius 2 is 2.18 bits per heavy atom. The van der Waals surface area contributed by atoms with Gasteiger partial charge < -0.3 is 16.2 Å². The van der Waals surface area contributed by atoms with Crippen LogP contribution in [0.2, 0.25) is 5.02 Å². The lowest BCUT2D eigenvalue weighted by molar-refractivity contribution is 0.417.